The maximum Gasteiger partial charge on any atom is 0.257 e. The monoisotopic (exact) mass is 388 g/mol. The zero-order chi connectivity index (χ0) is 19.3. The topological polar surface area (TPSA) is 60.5 Å². The van der Waals surface area contributed by atoms with Crippen molar-refractivity contribution in [2.75, 3.05) is 19.5 Å². The van der Waals surface area contributed by atoms with Crippen LogP contribution in [0.3, 0.4) is 0 Å². The fraction of sp³-hybridized carbons (Fsp3) is 0.0909. The lowest BCUT2D eigenvalue weighted by Crippen LogP contribution is -2.12. The molecule has 1 N–H and O–H groups in total. The van der Waals surface area contributed by atoms with Crippen molar-refractivity contribution >= 4 is 33.1 Å². The molecule has 1 aliphatic carbocycles. The highest BCUT2D eigenvalue weighted by atomic mass is 32.1. The maximum absolute atomic E-state index is 12.8. The predicted molar refractivity (Wildman–Crippen MR) is 112 cm³/mol. The molecule has 1 aromatic heterocycles. The summed E-state index contributed by atoms with van der Waals surface area (Å²) in [4.78, 5) is 18.6. The standard InChI is InChI=1S/C22H16N2O3S/c1-26-14-9-13(10-15(11-14)27-2)21(25)24-22-23-19-16-7-3-5-12-6-4-8-17(18(12)16)20(19)28-22/h3-11H,1-2H3,(H,23,24,25). The van der Waals surface area contributed by atoms with Crippen LogP contribution in [0, 0.1) is 0 Å². The number of hydrogen-bond donors (Lipinski definition) is 1. The number of rotatable bonds is 4. The van der Waals surface area contributed by atoms with Crippen LogP contribution in [-0.2, 0) is 0 Å². The minimum Gasteiger partial charge on any atom is -0.497 e. The van der Waals surface area contributed by atoms with Gasteiger partial charge in [0.15, 0.2) is 5.13 Å². The van der Waals surface area contributed by atoms with Gasteiger partial charge in [-0.3, -0.25) is 10.1 Å². The van der Waals surface area contributed by atoms with Crippen LogP contribution in [-0.4, -0.2) is 25.1 Å². The lowest BCUT2D eigenvalue weighted by molar-refractivity contribution is 0.102. The molecule has 138 valence electrons. The average Bonchev–Trinajstić information content (AvgIpc) is 3.27. The molecule has 5 rings (SSSR count). The molecule has 0 saturated carbocycles. The molecule has 1 amide bonds. The minimum absolute atomic E-state index is 0.254. The number of amides is 1. The highest BCUT2D eigenvalue weighted by molar-refractivity contribution is 7.20. The van der Waals surface area contributed by atoms with E-state index in [0.717, 1.165) is 16.1 Å². The number of benzene rings is 3. The smallest absolute Gasteiger partial charge is 0.257 e. The number of hydrogen-bond acceptors (Lipinski definition) is 5. The van der Waals surface area contributed by atoms with Gasteiger partial charge in [-0.05, 0) is 22.9 Å². The molecule has 5 nitrogen and oxygen atoms in total. The summed E-state index contributed by atoms with van der Waals surface area (Å²) in [6.07, 6.45) is 0. The summed E-state index contributed by atoms with van der Waals surface area (Å²) in [6.45, 7) is 0. The number of carbonyl (C=O) groups excluding carboxylic acids is 1. The molecular formula is C22H16N2O3S. The number of thiazole rings is 1. The summed E-state index contributed by atoms with van der Waals surface area (Å²) in [5.41, 5.74) is 3.66. The highest BCUT2D eigenvalue weighted by Crippen LogP contribution is 2.50. The minimum atomic E-state index is -0.254. The van der Waals surface area contributed by atoms with Gasteiger partial charge in [-0.2, -0.15) is 0 Å². The van der Waals surface area contributed by atoms with E-state index in [0.29, 0.717) is 22.2 Å². The molecule has 4 aromatic rings. The van der Waals surface area contributed by atoms with Crippen LogP contribution in [0.1, 0.15) is 10.4 Å². The highest BCUT2D eigenvalue weighted by Gasteiger charge is 2.26. The van der Waals surface area contributed by atoms with E-state index in [-0.39, 0.29) is 5.91 Å². The van der Waals surface area contributed by atoms with Crippen molar-refractivity contribution in [3.8, 4) is 33.2 Å². The van der Waals surface area contributed by atoms with Crippen LogP contribution in [0.4, 0.5) is 5.13 Å². The van der Waals surface area contributed by atoms with Gasteiger partial charge in [-0.15, -0.1) is 0 Å². The van der Waals surface area contributed by atoms with Crippen LogP contribution in [0.15, 0.2) is 54.6 Å². The number of carbonyl (C=O) groups is 1. The van der Waals surface area contributed by atoms with Gasteiger partial charge in [0.2, 0.25) is 0 Å². The molecule has 0 atom stereocenters. The Morgan fingerprint density at radius 1 is 0.964 bits per heavy atom. The van der Waals surface area contributed by atoms with E-state index in [1.165, 1.54) is 27.7 Å². The molecule has 0 bridgehead atoms. The Hall–Kier alpha value is -3.38. The third-order valence-corrected chi connectivity index (χ3v) is 5.87. The molecule has 3 aromatic carbocycles. The molecule has 0 aliphatic heterocycles. The molecule has 0 unspecified atom stereocenters. The van der Waals surface area contributed by atoms with Crippen molar-refractivity contribution < 1.29 is 14.3 Å². The zero-order valence-corrected chi connectivity index (χ0v) is 16.1. The SMILES string of the molecule is COc1cc(OC)cc(C(=O)Nc2nc3c(s2)-c2cccc4cccc-3c24)c1. The second kappa shape index (κ2) is 6.35. The van der Waals surface area contributed by atoms with Gasteiger partial charge in [0.25, 0.3) is 5.91 Å². The Morgan fingerprint density at radius 3 is 2.32 bits per heavy atom. The van der Waals surface area contributed by atoms with Crippen molar-refractivity contribution in [2.45, 2.75) is 0 Å². The Bertz CT molecular complexity index is 1170. The van der Waals surface area contributed by atoms with E-state index in [4.69, 9.17) is 14.5 Å². The fourth-order valence-corrected chi connectivity index (χ4v) is 4.58. The predicted octanol–water partition coefficient (Wildman–Crippen LogP) is 5.21. The Kier molecular flexibility index (Phi) is 3.80. The van der Waals surface area contributed by atoms with Gasteiger partial charge in [-0.1, -0.05) is 47.7 Å². The fourth-order valence-electron chi connectivity index (χ4n) is 3.57. The third-order valence-electron chi connectivity index (χ3n) is 4.87. The molecule has 0 radical (unpaired) electrons. The van der Waals surface area contributed by atoms with Gasteiger partial charge >= 0.3 is 0 Å². The number of fused-ring (bicyclic) bond motifs is 3. The van der Waals surface area contributed by atoms with Crippen molar-refractivity contribution in [3.63, 3.8) is 0 Å². The van der Waals surface area contributed by atoms with Crippen LogP contribution < -0.4 is 14.8 Å². The lowest BCUT2D eigenvalue weighted by Gasteiger charge is -2.08. The molecule has 1 heterocycles. The number of nitrogens with one attached hydrogen (secondary N) is 1. The summed E-state index contributed by atoms with van der Waals surface area (Å²) >= 11 is 1.49. The first-order valence-electron chi connectivity index (χ1n) is 8.75. The molecule has 0 spiro atoms. The zero-order valence-electron chi connectivity index (χ0n) is 15.3. The second-order valence-electron chi connectivity index (χ2n) is 6.46. The summed E-state index contributed by atoms with van der Waals surface area (Å²) < 4.78 is 10.5. The Labute approximate surface area is 165 Å². The molecular weight excluding hydrogens is 372 g/mol. The Morgan fingerprint density at radius 2 is 1.64 bits per heavy atom. The largest absolute Gasteiger partial charge is 0.497 e. The summed E-state index contributed by atoms with van der Waals surface area (Å²) in [7, 11) is 3.11. The van der Waals surface area contributed by atoms with Gasteiger partial charge in [0.1, 0.15) is 11.5 Å². The van der Waals surface area contributed by atoms with Crippen molar-refractivity contribution in [2.24, 2.45) is 0 Å². The first-order chi connectivity index (χ1) is 13.7. The maximum atomic E-state index is 12.8. The van der Waals surface area contributed by atoms with Crippen molar-refractivity contribution in [3.05, 3.63) is 60.2 Å². The molecule has 0 saturated heterocycles. The summed E-state index contributed by atoms with van der Waals surface area (Å²) in [5, 5.41) is 5.92. The van der Waals surface area contributed by atoms with Gasteiger partial charge < -0.3 is 9.47 Å². The van der Waals surface area contributed by atoms with E-state index in [2.05, 4.69) is 35.6 Å². The van der Waals surface area contributed by atoms with Gasteiger partial charge in [-0.25, -0.2) is 4.98 Å². The van der Waals surface area contributed by atoms with E-state index >= 15 is 0 Å². The van der Waals surface area contributed by atoms with Crippen LogP contribution in [0.25, 0.3) is 32.5 Å². The lowest BCUT2D eigenvalue weighted by atomic mass is 10.0. The van der Waals surface area contributed by atoms with Crippen molar-refractivity contribution in [1.82, 2.24) is 4.98 Å². The molecule has 0 fully saturated rings. The number of nitrogens with zero attached hydrogens (tertiary/aromatic N) is 1. The van der Waals surface area contributed by atoms with E-state index in [1.807, 2.05) is 6.07 Å². The number of anilines is 1. The van der Waals surface area contributed by atoms with E-state index in [9.17, 15) is 4.79 Å². The number of ether oxygens (including phenoxy) is 2. The van der Waals surface area contributed by atoms with E-state index < -0.39 is 0 Å². The number of methoxy groups -OCH3 is 2. The van der Waals surface area contributed by atoms with Gasteiger partial charge in [0.05, 0.1) is 24.8 Å². The average molecular weight is 388 g/mol. The summed E-state index contributed by atoms with van der Waals surface area (Å²) in [5.74, 6) is 0.870. The van der Waals surface area contributed by atoms with Crippen LogP contribution in [0.2, 0.25) is 0 Å². The molecule has 1 aliphatic rings. The third kappa shape index (κ3) is 2.53. The van der Waals surface area contributed by atoms with E-state index in [1.54, 1.807) is 32.4 Å². The second-order valence-corrected chi connectivity index (χ2v) is 7.46. The Balaban J connectivity index is 1.50. The van der Waals surface area contributed by atoms with Crippen LogP contribution >= 0.6 is 11.3 Å². The normalized spacial score (nSPS) is 11.4. The first-order valence-corrected chi connectivity index (χ1v) is 9.57. The van der Waals surface area contributed by atoms with Crippen molar-refractivity contribution in [1.29, 1.82) is 0 Å². The summed E-state index contributed by atoms with van der Waals surface area (Å²) in [6, 6.07) is 17.6. The molecule has 28 heavy (non-hydrogen) atoms. The molecule has 6 heteroatoms. The first kappa shape index (κ1) is 16.8. The number of aromatic nitrogens is 1. The quantitative estimate of drug-likeness (QED) is 0.459. The van der Waals surface area contributed by atoms with Crippen LogP contribution in [0.5, 0.6) is 11.5 Å². The van der Waals surface area contributed by atoms with Gasteiger partial charge in [0, 0.05) is 22.8 Å².